The molecule has 1 unspecified atom stereocenters. The van der Waals surface area contributed by atoms with Gasteiger partial charge in [0.2, 0.25) is 10.9 Å². The second kappa shape index (κ2) is 11.8. The molecule has 1 atom stereocenters. The number of halogens is 1. The number of ether oxygens (including phenoxy) is 1. The summed E-state index contributed by atoms with van der Waals surface area (Å²) in [6.07, 6.45) is 3.27. The molecule has 0 radical (unpaired) electrons. The Morgan fingerprint density at radius 2 is 1.95 bits per heavy atom. The van der Waals surface area contributed by atoms with Gasteiger partial charge < -0.3 is 14.3 Å². The van der Waals surface area contributed by atoms with Crippen molar-refractivity contribution in [2.45, 2.75) is 35.9 Å². The molecular formula is C28H24FN3O5S2. The highest BCUT2D eigenvalue weighted by Gasteiger charge is 2.46. The zero-order valence-corrected chi connectivity index (χ0v) is 22.5. The van der Waals surface area contributed by atoms with Gasteiger partial charge in [-0.25, -0.2) is 4.39 Å². The molecule has 1 N–H and O–H groups in total. The Balaban J connectivity index is 1.46. The first kappa shape index (κ1) is 26.6. The van der Waals surface area contributed by atoms with Crippen LogP contribution < -0.4 is 9.64 Å². The minimum atomic E-state index is -0.975. The molecule has 39 heavy (non-hydrogen) atoms. The van der Waals surface area contributed by atoms with Crippen molar-refractivity contribution in [1.82, 2.24) is 10.2 Å². The first-order valence-corrected chi connectivity index (χ1v) is 14.1. The molecule has 11 heteroatoms. The Kier molecular flexibility index (Phi) is 8.08. The number of benzene rings is 2. The van der Waals surface area contributed by atoms with Crippen LogP contribution >= 0.6 is 23.1 Å². The highest BCUT2D eigenvalue weighted by molar-refractivity contribution is 8.00. The number of carbonyl (C=O) groups excluding carboxylic acids is 2. The number of thioether (sulfide) groups is 1. The van der Waals surface area contributed by atoms with E-state index in [9.17, 15) is 19.1 Å². The van der Waals surface area contributed by atoms with Crippen molar-refractivity contribution in [3.8, 4) is 5.75 Å². The highest BCUT2D eigenvalue weighted by atomic mass is 32.2. The van der Waals surface area contributed by atoms with E-state index in [1.165, 1.54) is 35.1 Å². The highest BCUT2D eigenvalue weighted by Crippen LogP contribution is 2.44. The van der Waals surface area contributed by atoms with Gasteiger partial charge >= 0.3 is 0 Å². The Morgan fingerprint density at radius 3 is 2.67 bits per heavy atom. The Labute approximate surface area is 232 Å². The molecule has 2 aromatic heterocycles. The number of aromatic nitrogens is 2. The molecule has 0 spiro atoms. The van der Waals surface area contributed by atoms with Crippen LogP contribution in [-0.4, -0.2) is 33.6 Å². The minimum absolute atomic E-state index is 0.00545. The Morgan fingerprint density at radius 1 is 1.15 bits per heavy atom. The average Bonchev–Trinajstić information content (AvgIpc) is 3.70. The van der Waals surface area contributed by atoms with Gasteiger partial charge in [-0.05, 0) is 47.9 Å². The summed E-state index contributed by atoms with van der Waals surface area (Å²) in [6.45, 7) is 2.65. The van der Waals surface area contributed by atoms with Crippen molar-refractivity contribution >= 4 is 39.9 Å². The summed E-state index contributed by atoms with van der Waals surface area (Å²) < 4.78 is 25.6. The second-order valence-electron chi connectivity index (χ2n) is 8.65. The molecule has 3 heterocycles. The zero-order valence-electron chi connectivity index (χ0n) is 20.9. The molecule has 0 aliphatic carbocycles. The monoisotopic (exact) mass is 565 g/mol. The number of nitrogens with zero attached hydrogens (tertiary/aromatic N) is 3. The van der Waals surface area contributed by atoms with Crippen LogP contribution in [0, 0.1) is 5.82 Å². The third-order valence-corrected chi connectivity index (χ3v) is 8.18. The average molecular weight is 566 g/mol. The summed E-state index contributed by atoms with van der Waals surface area (Å²) in [6, 6.07) is 15.5. The summed E-state index contributed by atoms with van der Waals surface area (Å²) in [5.74, 6) is -1.42. The number of unbranched alkanes of at least 4 members (excludes halogenated alkanes) is 1. The molecule has 1 amide bonds. The fourth-order valence-electron chi connectivity index (χ4n) is 4.08. The number of Topliss-reactive ketones (excluding diaryl/α,β-unsaturated/α-hetero) is 1. The Hall–Kier alpha value is -3.96. The molecular weight excluding hydrogens is 541 g/mol. The number of furan rings is 1. The molecule has 0 saturated carbocycles. The van der Waals surface area contributed by atoms with Crippen LogP contribution in [0.4, 0.5) is 9.52 Å². The SMILES string of the molecule is CCCCOc1ccc(C2C(C(=O)c3ccco3)=C(O)C(=O)N2c2nnc(SCc3ccccc3F)s2)cc1. The van der Waals surface area contributed by atoms with E-state index in [0.29, 0.717) is 33.6 Å². The lowest BCUT2D eigenvalue weighted by atomic mass is 9.95. The van der Waals surface area contributed by atoms with Crippen LogP contribution in [0.1, 0.15) is 47.5 Å². The van der Waals surface area contributed by atoms with Crippen LogP contribution in [0.15, 0.2) is 87.0 Å². The molecule has 2 aromatic carbocycles. The molecule has 0 fully saturated rings. The minimum Gasteiger partial charge on any atom is -0.503 e. The molecule has 1 aliphatic heterocycles. The number of aliphatic hydroxyl groups excluding tert-OH is 1. The van der Waals surface area contributed by atoms with Gasteiger partial charge in [0.25, 0.3) is 5.91 Å². The van der Waals surface area contributed by atoms with Crippen molar-refractivity contribution in [3.05, 3.63) is 101 Å². The van der Waals surface area contributed by atoms with Crippen LogP contribution in [0.25, 0.3) is 0 Å². The zero-order chi connectivity index (χ0) is 27.4. The van der Waals surface area contributed by atoms with Crippen LogP contribution in [0.5, 0.6) is 5.75 Å². The van der Waals surface area contributed by atoms with E-state index in [2.05, 4.69) is 17.1 Å². The van der Waals surface area contributed by atoms with Gasteiger partial charge in [0.1, 0.15) is 11.6 Å². The molecule has 1 aliphatic rings. The number of hydrogen-bond acceptors (Lipinski definition) is 9. The van der Waals surface area contributed by atoms with Gasteiger partial charge in [-0.1, -0.05) is 66.8 Å². The largest absolute Gasteiger partial charge is 0.503 e. The number of amides is 1. The first-order valence-electron chi connectivity index (χ1n) is 12.2. The third-order valence-electron chi connectivity index (χ3n) is 6.07. The fraction of sp³-hybridized carbons (Fsp3) is 0.214. The van der Waals surface area contributed by atoms with E-state index in [1.54, 1.807) is 48.5 Å². The molecule has 4 aromatic rings. The van der Waals surface area contributed by atoms with Gasteiger partial charge in [-0.15, -0.1) is 10.2 Å². The molecule has 8 nitrogen and oxygen atoms in total. The molecule has 0 saturated heterocycles. The lowest BCUT2D eigenvalue weighted by Gasteiger charge is -2.24. The van der Waals surface area contributed by atoms with Crippen molar-refractivity contribution in [2.24, 2.45) is 0 Å². The fourth-order valence-corrected chi connectivity index (χ4v) is 5.94. The normalized spacial score (nSPS) is 15.3. The standard InChI is InChI=1S/C28H24FN3O5S2/c1-2-3-14-36-19-12-10-17(11-13-19)23-22(24(33)21-9-6-15-37-21)25(34)26(35)32(23)27-30-31-28(39-27)38-16-18-7-4-5-8-20(18)29/h4-13,15,23,34H,2-3,14,16H2,1H3. The van der Waals surface area contributed by atoms with Gasteiger partial charge in [0, 0.05) is 5.75 Å². The van der Waals surface area contributed by atoms with E-state index < -0.39 is 23.5 Å². The maximum absolute atomic E-state index is 14.0. The first-order chi connectivity index (χ1) is 19.0. The van der Waals surface area contributed by atoms with Crippen molar-refractivity contribution in [3.63, 3.8) is 0 Å². The van der Waals surface area contributed by atoms with Crippen LogP contribution in [-0.2, 0) is 10.5 Å². The van der Waals surface area contributed by atoms with Gasteiger partial charge in [-0.3, -0.25) is 14.5 Å². The number of rotatable bonds is 11. The number of carbonyl (C=O) groups is 2. The van der Waals surface area contributed by atoms with E-state index in [4.69, 9.17) is 9.15 Å². The van der Waals surface area contributed by atoms with Crippen LogP contribution in [0.3, 0.4) is 0 Å². The molecule has 200 valence electrons. The quantitative estimate of drug-likeness (QED) is 0.0948. The van der Waals surface area contributed by atoms with E-state index >= 15 is 0 Å². The van der Waals surface area contributed by atoms with Gasteiger partial charge in [0.05, 0.1) is 24.5 Å². The van der Waals surface area contributed by atoms with Crippen LogP contribution in [0.2, 0.25) is 0 Å². The summed E-state index contributed by atoms with van der Waals surface area (Å²) in [7, 11) is 0. The predicted octanol–water partition coefficient (Wildman–Crippen LogP) is 6.52. The Bertz CT molecular complexity index is 1500. The maximum Gasteiger partial charge on any atom is 0.296 e. The van der Waals surface area contributed by atoms with Gasteiger partial charge in [0.15, 0.2) is 15.9 Å². The van der Waals surface area contributed by atoms with Crippen molar-refractivity contribution < 1.29 is 28.2 Å². The van der Waals surface area contributed by atoms with E-state index in [1.807, 2.05) is 0 Å². The smallest absolute Gasteiger partial charge is 0.296 e. The lowest BCUT2D eigenvalue weighted by Crippen LogP contribution is -2.31. The lowest BCUT2D eigenvalue weighted by molar-refractivity contribution is -0.117. The summed E-state index contributed by atoms with van der Waals surface area (Å²) in [5.41, 5.74) is 0.965. The second-order valence-corrected chi connectivity index (χ2v) is 10.8. The van der Waals surface area contributed by atoms with Crippen molar-refractivity contribution in [2.75, 3.05) is 11.5 Å². The maximum atomic E-state index is 14.0. The number of hydrogen-bond donors (Lipinski definition) is 1. The van der Waals surface area contributed by atoms with Gasteiger partial charge in [-0.2, -0.15) is 0 Å². The number of ketones is 1. The number of anilines is 1. The summed E-state index contributed by atoms with van der Waals surface area (Å²) in [5, 5.41) is 19.4. The topological polar surface area (TPSA) is 106 Å². The molecule has 5 rings (SSSR count). The predicted molar refractivity (Wildman–Crippen MR) is 146 cm³/mol. The van der Waals surface area contributed by atoms with E-state index in [0.717, 1.165) is 24.2 Å². The third kappa shape index (κ3) is 5.59. The number of aliphatic hydroxyl groups is 1. The molecule has 0 bridgehead atoms. The summed E-state index contributed by atoms with van der Waals surface area (Å²) >= 11 is 2.39. The summed E-state index contributed by atoms with van der Waals surface area (Å²) in [4.78, 5) is 28.0. The van der Waals surface area contributed by atoms with Crippen molar-refractivity contribution in [1.29, 1.82) is 0 Å². The van der Waals surface area contributed by atoms with E-state index in [-0.39, 0.29) is 22.3 Å².